The van der Waals surface area contributed by atoms with Crippen LogP contribution in [0.25, 0.3) is 28.2 Å². The maximum absolute atomic E-state index is 14.2. The molecule has 7 rings (SSSR count). The average Bonchev–Trinajstić information content (AvgIpc) is 3.89. The fourth-order valence-electron chi connectivity index (χ4n) is 5.61. The fraction of sp³-hybridized carbons (Fsp3) is 0.0833. The van der Waals surface area contributed by atoms with Gasteiger partial charge in [0, 0.05) is 29.3 Å². The lowest BCUT2D eigenvalue weighted by molar-refractivity contribution is 0.0697. The molecule has 0 bridgehead atoms. The topological polar surface area (TPSA) is 126 Å². The van der Waals surface area contributed by atoms with Gasteiger partial charge in [-0.05, 0) is 65.7 Å². The first-order valence-electron chi connectivity index (χ1n) is 14.6. The van der Waals surface area contributed by atoms with Crippen molar-refractivity contribution in [2.75, 3.05) is 7.11 Å². The molecule has 0 saturated carbocycles. The summed E-state index contributed by atoms with van der Waals surface area (Å²) in [6, 6.07) is 30.8. The molecular weight excluding hydrogens is 580 g/mol. The molecule has 2 aromatic heterocycles. The smallest absolute Gasteiger partial charge is 0.335 e. The molecule has 0 fully saturated rings. The summed E-state index contributed by atoms with van der Waals surface area (Å²) in [5.74, 6) is -0.813. The van der Waals surface area contributed by atoms with Crippen molar-refractivity contribution in [3.63, 3.8) is 0 Å². The van der Waals surface area contributed by atoms with Crippen molar-refractivity contribution >= 4 is 17.6 Å². The first-order chi connectivity index (χ1) is 22.5. The number of hydrazone groups is 1. The van der Waals surface area contributed by atoms with Crippen LogP contribution < -0.4 is 4.74 Å². The molecule has 0 spiro atoms. The Balaban J connectivity index is 1.35. The van der Waals surface area contributed by atoms with Crippen LogP contribution in [0.15, 0.2) is 127 Å². The normalized spacial score (nSPS) is 14.2. The molecule has 4 aromatic carbocycles. The number of nitrogens with zero attached hydrogens (tertiary/aromatic N) is 5. The van der Waals surface area contributed by atoms with Gasteiger partial charge in [0.25, 0.3) is 5.91 Å². The maximum Gasteiger partial charge on any atom is 0.335 e. The zero-order chi connectivity index (χ0) is 31.6. The van der Waals surface area contributed by atoms with E-state index in [4.69, 9.17) is 14.9 Å². The first-order valence-corrected chi connectivity index (χ1v) is 14.6. The predicted molar refractivity (Wildman–Crippen MR) is 173 cm³/mol. The van der Waals surface area contributed by atoms with Crippen LogP contribution in [0.4, 0.5) is 0 Å². The van der Waals surface area contributed by atoms with E-state index in [-0.39, 0.29) is 11.1 Å². The summed E-state index contributed by atoms with van der Waals surface area (Å²) < 4.78 is 7.15. The van der Waals surface area contributed by atoms with Crippen molar-refractivity contribution in [2.24, 2.45) is 5.10 Å². The highest BCUT2D eigenvalue weighted by atomic mass is 16.5. The predicted octanol–water partition coefficient (Wildman–Crippen LogP) is 6.63. The Labute approximate surface area is 264 Å². The summed E-state index contributed by atoms with van der Waals surface area (Å²) >= 11 is 0. The van der Waals surface area contributed by atoms with Crippen molar-refractivity contribution in [1.82, 2.24) is 24.8 Å². The first kappa shape index (κ1) is 28.5. The second-order valence-electron chi connectivity index (χ2n) is 10.8. The molecule has 6 aromatic rings. The number of benzene rings is 4. The van der Waals surface area contributed by atoms with E-state index in [1.54, 1.807) is 31.8 Å². The summed E-state index contributed by atoms with van der Waals surface area (Å²) in [4.78, 5) is 33.1. The van der Waals surface area contributed by atoms with Crippen molar-refractivity contribution in [3.8, 4) is 34.0 Å². The van der Waals surface area contributed by atoms with Crippen LogP contribution in [0.2, 0.25) is 0 Å². The average molecular weight is 609 g/mol. The van der Waals surface area contributed by atoms with Gasteiger partial charge < -0.3 is 14.8 Å². The van der Waals surface area contributed by atoms with E-state index in [1.807, 2.05) is 89.7 Å². The Morgan fingerprint density at radius 2 is 1.59 bits per heavy atom. The highest BCUT2D eigenvalue weighted by Gasteiger charge is 2.37. The van der Waals surface area contributed by atoms with Gasteiger partial charge in [0.15, 0.2) is 0 Å². The Morgan fingerprint density at radius 1 is 0.870 bits per heavy atom. The molecule has 2 N–H and O–H groups in total. The van der Waals surface area contributed by atoms with E-state index in [0.29, 0.717) is 23.6 Å². The van der Waals surface area contributed by atoms with E-state index in [1.165, 1.54) is 17.1 Å². The molecule has 1 atom stereocenters. The highest BCUT2D eigenvalue weighted by molar-refractivity contribution is 6.05. The number of carboxylic acids is 1. The number of ether oxygens (including phenoxy) is 1. The number of amides is 1. The highest BCUT2D eigenvalue weighted by Crippen LogP contribution is 2.39. The van der Waals surface area contributed by atoms with Crippen molar-refractivity contribution in [1.29, 1.82) is 0 Å². The van der Waals surface area contributed by atoms with E-state index in [2.05, 4.69) is 9.97 Å². The van der Waals surface area contributed by atoms with Gasteiger partial charge in [-0.15, -0.1) is 0 Å². The minimum atomic E-state index is -1.11. The Hall–Kier alpha value is -6.29. The standard InChI is InChI=1S/C36H28N6O4/c1-46-29-16-14-23(15-17-29)31-19-33(42(39-31)35(43)26-6-5-7-27(18-26)36(44)45)30-21-41(28-8-3-2-4-9-28)40-34(30)25-12-10-24(11-13-25)32-20-37-22-38-32/h2-18,20-22,33H,19H2,1H3,(H,37,38)(H,44,45). The summed E-state index contributed by atoms with van der Waals surface area (Å²) in [6.07, 6.45) is 5.76. The van der Waals surface area contributed by atoms with Crippen molar-refractivity contribution in [2.45, 2.75) is 12.5 Å². The van der Waals surface area contributed by atoms with Crippen LogP contribution in [0.3, 0.4) is 0 Å². The molecule has 0 aliphatic carbocycles. The van der Waals surface area contributed by atoms with E-state index in [0.717, 1.165) is 33.6 Å². The van der Waals surface area contributed by atoms with Crippen LogP contribution in [0, 0.1) is 0 Å². The lowest BCUT2D eigenvalue weighted by atomic mass is 9.95. The van der Waals surface area contributed by atoms with Gasteiger partial charge in [-0.3, -0.25) is 4.79 Å². The summed E-state index contributed by atoms with van der Waals surface area (Å²) in [5.41, 5.74) is 6.92. The van der Waals surface area contributed by atoms with Crippen LogP contribution in [-0.4, -0.2) is 54.6 Å². The van der Waals surface area contributed by atoms with E-state index in [9.17, 15) is 14.7 Å². The maximum atomic E-state index is 14.2. The van der Waals surface area contributed by atoms with Crippen LogP contribution in [-0.2, 0) is 0 Å². The molecule has 46 heavy (non-hydrogen) atoms. The number of aromatic nitrogens is 4. The number of para-hydroxylation sites is 1. The molecule has 1 amide bonds. The third kappa shape index (κ3) is 5.43. The number of carboxylic acid groups (broad SMARTS) is 1. The zero-order valence-corrected chi connectivity index (χ0v) is 24.7. The van der Waals surface area contributed by atoms with E-state index < -0.39 is 17.9 Å². The molecule has 1 aliphatic rings. The minimum Gasteiger partial charge on any atom is -0.497 e. The largest absolute Gasteiger partial charge is 0.497 e. The molecule has 0 saturated heterocycles. The number of hydrogen-bond acceptors (Lipinski definition) is 6. The molecule has 0 radical (unpaired) electrons. The molecule has 3 heterocycles. The molecule has 226 valence electrons. The zero-order valence-electron chi connectivity index (χ0n) is 24.7. The fourth-order valence-corrected chi connectivity index (χ4v) is 5.61. The number of carbonyl (C=O) groups excluding carboxylic acids is 1. The number of imidazole rings is 1. The van der Waals surface area contributed by atoms with Crippen LogP contribution in [0.1, 0.15) is 44.3 Å². The van der Waals surface area contributed by atoms with Crippen molar-refractivity contribution in [3.05, 3.63) is 144 Å². The Morgan fingerprint density at radius 3 is 2.28 bits per heavy atom. The van der Waals surface area contributed by atoms with Gasteiger partial charge in [0.05, 0.1) is 54.0 Å². The third-order valence-corrected chi connectivity index (χ3v) is 7.99. The summed E-state index contributed by atoms with van der Waals surface area (Å²) in [5, 5.41) is 20.9. The number of H-pyrrole nitrogens is 1. The second kappa shape index (κ2) is 12.0. The number of methoxy groups -OCH3 is 1. The monoisotopic (exact) mass is 608 g/mol. The molecule has 10 nitrogen and oxygen atoms in total. The summed E-state index contributed by atoms with van der Waals surface area (Å²) in [6.45, 7) is 0. The molecule has 10 heteroatoms. The molecule has 1 unspecified atom stereocenters. The van der Waals surface area contributed by atoms with Gasteiger partial charge in [-0.25, -0.2) is 19.5 Å². The number of aromatic amines is 1. The van der Waals surface area contributed by atoms with Gasteiger partial charge in [-0.1, -0.05) is 48.5 Å². The van der Waals surface area contributed by atoms with E-state index >= 15 is 0 Å². The quantitative estimate of drug-likeness (QED) is 0.200. The number of rotatable bonds is 8. The van der Waals surface area contributed by atoms with Crippen molar-refractivity contribution < 1.29 is 19.4 Å². The number of aromatic carboxylic acids is 1. The molecular formula is C36H28N6O4. The van der Waals surface area contributed by atoms with Gasteiger partial charge in [0.1, 0.15) is 5.75 Å². The second-order valence-corrected chi connectivity index (χ2v) is 10.8. The van der Waals surface area contributed by atoms with Crippen LogP contribution in [0.5, 0.6) is 5.75 Å². The summed E-state index contributed by atoms with van der Waals surface area (Å²) in [7, 11) is 1.61. The van der Waals surface area contributed by atoms with Crippen LogP contribution >= 0.6 is 0 Å². The lowest BCUT2D eigenvalue weighted by Gasteiger charge is -2.22. The Kier molecular flexibility index (Phi) is 7.43. The number of nitrogens with one attached hydrogen (secondary N) is 1. The van der Waals surface area contributed by atoms with Gasteiger partial charge >= 0.3 is 5.97 Å². The lowest BCUT2D eigenvalue weighted by Crippen LogP contribution is -2.27. The Bertz CT molecular complexity index is 2050. The van der Waals surface area contributed by atoms with Gasteiger partial charge in [0.2, 0.25) is 0 Å². The number of carbonyl (C=O) groups is 2. The molecule has 1 aliphatic heterocycles. The SMILES string of the molecule is COc1ccc(C2=NN(C(=O)c3cccc(C(=O)O)c3)C(c3cn(-c4ccccc4)nc3-c3ccc(-c4cnc[nH]4)cc3)C2)cc1. The van der Waals surface area contributed by atoms with Gasteiger partial charge in [-0.2, -0.15) is 10.2 Å². The number of hydrogen-bond donors (Lipinski definition) is 2. The third-order valence-electron chi connectivity index (χ3n) is 7.99. The minimum absolute atomic E-state index is 0.0240.